The maximum absolute atomic E-state index is 13.1. The molecule has 132 valence electrons. The minimum absolute atomic E-state index is 0.131. The van der Waals surface area contributed by atoms with Crippen LogP contribution in [-0.2, 0) is 4.74 Å². The van der Waals surface area contributed by atoms with Crippen LogP contribution in [0.1, 0.15) is 31.1 Å². The Bertz CT molecular complexity index is 764. The summed E-state index contributed by atoms with van der Waals surface area (Å²) in [4.78, 5) is 23.7. The van der Waals surface area contributed by atoms with Crippen LogP contribution in [0.5, 0.6) is 0 Å². The third-order valence-electron chi connectivity index (χ3n) is 2.91. The summed E-state index contributed by atoms with van der Waals surface area (Å²) < 4.78 is 31.4. The Balaban J connectivity index is 2.00. The van der Waals surface area contributed by atoms with Crippen LogP contribution in [0, 0.1) is 11.6 Å². The number of halogens is 2. The van der Waals surface area contributed by atoms with Gasteiger partial charge in [0, 0.05) is 23.0 Å². The number of rotatable bonds is 3. The Morgan fingerprint density at radius 1 is 0.880 bits per heavy atom. The van der Waals surface area contributed by atoms with Gasteiger partial charge in [0.25, 0.3) is 5.91 Å². The number of anilines is 2. The van der Waals surface area contributed by atoms with Crippen LogP contribution >= 0.6 is 0 Å². The molecule has 0 bridgehead atoms. The molecule has 2 amide bonds. The first-order chi connectivity index (χ1) is 11.6. The lowest BCUT2D eigenvalue weighted by molar-refractivity contribution is 0.0635. The van der Waals surface area contributed by atoms with Crippen LogP contribution < -0.4 is 10.6 Å². The summed E-state index contributed by atoms with van der Waals surface area (Å²) in [5.74, 6) is -2.31. The molecule has 0 saturated heterocycles. The van der Waals surface area contributed by atoms with Gasteiger partial charge in [-0.2, -0.15) is 0 Å². The van der Waals surface area contributed by atoms with E-state index < -0.39 is 29.2 Å². The molecule has 0 fully saturated rings. The fourth-order valence-corrected chi connectivity index (χ4v) is 1.95. The van der Waals surface area contributed by atoms with Crippen LogP contribution in [-0.4, -0.2) is 17.6 Å². The molecule has 0 unspecified atom stereocenters. The summed E-state index contributed by atoms with van der Waals surface area (Å²) in [6.07, 6.45) is -0.598. The highest BCUT2D eigenvalue weighted by atomic mass is 19.1. The predicted octanol–water partition coefficient (Wildman–Crippen LogP) is 4.56. The molecule has 2 aromatic rings. The third-order valence-corrected chi connectivity index (χ3v) is 2.91. The molecular weight excluding hydrogens is 330 g/mol. The smallest absolute Gasteiger partial charge is 0.412 e. The molecule has 2 aromatic carbocycles. The van der Waals surface area contributed by atoms with Crippen LogP contribution in [0.3, 0.4) is 0 Å². The molecular formula is C18H18F2N2O3. The molecule has 2 N–H and O–H groups in total. The van der Waals surface area contributed by atoms with Crippen molar-refractivity contribution in [1.29, 1.82) is 0 Å². The van der Waals surface area contributed by atoms with Crippen molar-refractivity contribution in [2.45, 2.75) is 26.4 Å². The molecule has 0 spiro atoms. The van der Waals surface area contributed by atoms with Crippen molar-refractivity contribution in [2.24, 2.45) is 0 Å². The van der Waals surface area contributed by atoms with Gasteiger partial charge in [-0.1, -0.05) is 0 Å². The van der Waals surface area contributed by atoms with Crippen molar-refractivity contribution in [3.8, 4) is 0 Å². The highest BCUT2D eigenvalue weighted by Crippen LogP contribution is 2.17. The first kappa shape index (κ1) is 18.4. The lowest BCUT2D eigenvalue weighted by atomic mass is 10.2. The van der Waals surface area contributed by atoms with E-state index in [1.54, 1.807) is 45.0 Å². The molecule has 0 heterocycles. The SMILES string of the molecule is CC(C)(C)OC(=O)Nc1ccc(NC(=O)c2cc(F)cc(F)c2)cc1. The van der Waals surface area contributed by atoms with E-state index in [-0.39, 0.29) is 5.56 Å². The molecule has 0 saturated carbocycles. The van der Waals surface area contributed by atoms with E-state index in [0.29, 0.717) is 17.4 Å². The summed E-state index contributed by atoms with van der Waals surface area (Å²) in [6.45, 7) is 5.25. The second-order valence-electron chi connectivity index (χ2n) is 6.32. The number of carbonyl (C=O) groups is 2. The Labute approximate surface area is 144 Å². The first-order valence-corrected chi connectivity index (χ1v) is 7.50. The van der Waals surface area contributed by atoms with Crippen molar-refractivity contribution in [3.05, 3.63) is 59.7 Å². The minimum Gasteiger partial charge on any atom is -0.444 e. The Hall–Kier alpha value is -2.96. The van der Waals surface area contributed by atoms with Gasteiger partial charge in [0.1, 0.15) is 17.2 Å². The summed E-state index contributed by atoms with van der Waals surface area (Å²) in [5.41, 5.74) is 0.139. The third kappa shape index (κ3) is 5.87. The molecule has 0 atom stereocenters. The topological polar surface area (TPSA) is 67.4 Å². The molecule has 0 aromatic heterocycles. The number of hydrogen-bond donors (Lipinski definition) is 2. The molecule has 7 heteroatoms. The molecule has 0 radical (unpaired) electrons. The van der Waals surface area contributed by atoms with Crippen LogP contribution in [0.25, 0.3) is 0 Å². The zero-order chi connectivity index (χ0) is 18.6. The van der Waals surface area contributed by atoms with Crippen molar-refractivity contribution < 1.29 is 23.1 Å². The Morgan fingerprint density at radius 3 is 1.84 bits per heavy atom. The average molecular weight is 348 g/mol. The van der Waals surface area contributed by atoms with Crippen molar-refractivity contribution >= 4 is 23.4 Å². The second-order valence-corrected chi connectivity index (χ2v) is 6.32. The number of nitrogens with one attached hydrogen (secondary N) is 2. The van der Waals surface area contributed by atoms with Gasteiger partial charge in [0.2, 0.25) is 0 Å². The maximum atomic E-state index is 13.1. The fourth-order valence-electron chi connectivity index (χ4n) is 1.95. The normalized spacial score (nSPS) is 10.9. The van der Waals surface area contributed by atoms with Gasteiger partial charge in [0.15, 0.2) is 0 Å². The Kier molecular flexibility index (Phi) is 5.36. The van der Waals surface area contributed by atoms with E-state index in [1.807, 2.05) is 0 Å². The number of carbonyl (C=O) groups excluding carboxylic acids is 2. The average Bonchev–Trinajstić information content (AvgIpc) is 2.46. The molecule has 25 heavy (non-hydrogen) atoms. The van der Waals surface area contributed by atoms with Crippen LogP contribution in [0.15, 0.2) is 42.5 Å². The van der Waals surface area contributed by atoms with E-state index >= 15 is 0 Å². The number of hydrogen-bond acceptors (Lipinski definition) is 3. The molecule has 0 aliphatic carbocycles. The lowest BCUT2D eigenvalue weighted by Crippen LogP contribution is -2.27. The summed E-state index contributed by atoms with van der Waals surface area (Å²) >= 11 is 0. The van der Waals surface area contributed by atoms with Crippen LogP contribution in [0.2, 0.25) is 0 Å². The fraction of sp³-hybridized carbons (Fsp3) is 0.222. The number of benzene rings is 2. The first-order valence-electron chi connectivity index (χ1n) is 7.50. The predicted molar refractivity (Wildman–Crippen MR) is 90.6 cm³/mol. The molecule has 0 aliphatic rings. The van der Waals surface area contributed by atoms with Crippen molar-refractivity contribution in [1.82, 2.24) is 0 Å². The van der Waals surface area contributed by atoms with E-state index in [0.717, 1.165) is 12.1 Å². The van der Waals surface area contributed by atoms with E-state index in [1.165, 1.54) is 0 Å². The standard InChI is InChI=1S/C18H18F2N2O3/c1-18(2,3)25-17(24)22-15-6-4-14(5-7-15)21-16(23)11-8-12(19)10-13(20)9-11/h4-10H,1-3H3,(H,21,23)(H,22,24). The monoisotopic (exact) mass is 348 g/mol. The zero-order valence-electron chi connectivity index (χ0n) is 14.0. The van der Waals surface area contributed by atoms with E-state index in [4.69, 9.17) is 4.74 Å². The van der Waals surface area contributed by atoms with Crippen molar-refractivity contribution in [3.63, 3.8) is 0 Å². The highest BCUT2D eigenvalue weighted by Gasteiger charge is 2.16. The summed E-state index contributed by atoms with van der Waals surface area (Å²) in [5, 5.41) is 5.07. The quantitative estimate of drug-likeness (QED) is 0.854. The molecule has 2 rings (SSSR count). The lowest BCUT2D eigenvalue weighted by Gasteiger charge is -2.19. The molecule has 5 nitrogen and oxygen atoms in total. The van der Waals surface area contributed by atoms with Crippen molar-refractivity contribution in [2.75, 3.05) is 10.6 Å². The van der Waals surface area contributed by atoms with Gasteiger partial charge in [0.05, 0.1) is 0 Å². The summed E-state index contributed by atoms with van der Waals surface area (Å²) in [7, 11) is 0. The van der Waals surface area contributed by atoms with Crippen LogP contribution in [0.4, 0.5) is 25.0 Å². The Morgan fingerprint density at radius 2 is 1.36 bits per heavy atom. The highest BCUT2D eigenvalue weighted by molar-refractivity contribution is 6.04. The second kappa shape index (κ2) is 7.29. The maximum Gasteiger partial charge on any atom is 0.412 e. The van der Waals surface area contributed by atoms with Gasteiger partial charge in [-0.15, -0.1) is 0 Å². The van der Waals surface area contributed by atoms with Gasteiger partial charge >= 0.3 is 6.09 Å². The van der Waals surface area contributed by atoms with Gasteiger partial charge in [-0.25, -0.2) is 13.6 Å². The van der Waals surface area contributed by atoms with E-state index in [9.17, 15) is 18.4 Å². The number of amides is 2. The van der Waals surface area contributed by atoms with Gasteiger partial charge in [-0.3, -0.25) is 10.1 Å². The largest absolute Gasteiger partial charge is 0.444 e. The summed E-state index contributed by atoms with van der Waals surface area (Å²) in [6, 6.07) is 8.78. The van der Waals surface area contributed by atoms with Gasteiger partial charge in [-0.05, 0) is 57.2 Å². The molecule has 0 aliphatic heterocycles. The number of ether oxygens (including phenoxy) is 1. The van der Waals surface area contributed by atoms with E-state index in [2.05, 4.69) is 10.6 Å². The zero-order valence-corrected chi connectivity index (χ0v) is 14.0. The minimum atomic E-state index is -0.831. The van der Waals surface area contributed by atoms with Gasteiger partial charge < -0.3 is 10.1 Å².